The molecule has 0 bridgehead atoms. The molecule has 3 heterocycles. The molecule has 2 N–H and O–H groups in total. The Morgan fingerprint density at radius 3 is 3.25 bits per heavy atom. The zero-order chi connectivity index (χ0) is 11.1. The SMILES string of the molecule is O=C(O)c1occ2c1NCC1CCCCN21. The quantitative estimate of drug-likeness (QED) is 0.758. The van der Waals surface area contributed by atoms with Crippen LogP contribution in [0.25, 0.3) is 0 Å². The van der Waals surface area contributed by atoms with Crippen LogP contribution in [0, 0.1) is 0 Å². The number of nitrogens with zero attached hydrogens (tertiary/aromatic N) is 1. The third-order valence-corrected chi connectivity index (χ3v) is 3.42. The lowest BCUT2D eigenvalue weighted by Crippen LogP contribution is -2.46. The van der Waals surface area contributed by atoms with Crippen LogP contribution in [0.4, 0.5) is 11.4 Å². The molecule has 1 unspecified atom stereocenters. The number of hydrogen-bond acceptors (Lipinski definition) is 4. The second kappa shape index (κ2) is 3.43. The lowest BCUT2D eigenvalue weighted by Gasteiger charge is -2.40. The number of carbonyl (C=O) groups is 1. The molecule has 86 valence electrons. The van der Waals surface area contributed by atoms with Crippen molar-refractivity contribution < 1.29 is 14.3 Å². The van der Waals surface area contributed by atoms with Crippen LogP contribution in [0.2, 0.25) is 0 Å². The van der Waals surface area contributed by atoms with E-state index in [1.54, 1.807) is 6.26 Å². The molecule has 3 rings (SSSR count). The maximum Gasteiger partial charge on any atom is 0.374 e. The van der Waals surface area contributed by atoms with Crippen molar-refractivity contribution >= 4 is 17.3 Å². The van der Waals surface area contributed by atoms with Gasteiger partial charge in [0, 0.05) is 19.1 Å². The Balaban J connectivity index is 2.00. The van der Waals surface area contributed by atoms with Crippen molar-refractivity contribution in [3.05, 3.63) is 12.0 Å². The van der Waals surface area contributed by atoms with Crippen LogP contribution < -0.4 is 10.2 Å². The van der Waals surface area contributed by atoms with Crippen LogP contribution in [-0.2, 0) is 0 Å². The maximum absolute atomic E-state index is 10.9. The molecule has 5 nitrogen and oxygen atoms in total. The second-order valence-electron chi connectivity index (χ2n) is 4.35. The Hall–Kier alpha value is -1.65. The average Bonchev–Trinajstić information content (AvgIpc) is 2.73. The molecule has 1 aromatic rings. The molecule has 16 heavy (non-hydrogen) atoms. The summed E-state index contributed by atoms with van der Waals surface area (Å²) in [5, 5.41) is 12.1. The smallest absolute Gasteiger partial charge is 0.374 e. The molecule has 1 aromatic heterocycles. The van der Waals surface area contributed by atoms with Crippen LogP contribution in [0.1, 0.15) is 29.8 Å². The maximum atomic E-state index is 10.9. The van der Waals surface area contributed by atoms with E-state index < -0.39 is 5.97 Å². The number of aromatic carboxylic acids is 1. The van der Waals surface area contributed by atoms with Crippen molar-refractivity contribution in [1.82, 2.24) is 0 Å². The summed E-state index contributed by atoms with van der Waals surface area (Å²) >= 11 is 0. The highest BCUT2D eigenvalue weighted by Crippen LogP contribution is 2.38. The molecule has 0 amide bonds. The normalized spacial score (nSPS) is 23.2. The summed E-state index contributed by atoms with van der Waals surface area (Å²) in [5.41, 5.74) is 1.55. The lowest BCUT2D eigenvalue weighted by atomic mass is 9.99. The molecule has 2 aliphatic rings. The first-order valence-electron chi connectivity index (χ1n) is 5.62. The van der Waals surface area contributed by atoms with Crippen LogP contribution >= 0.6 is 0 Å². The number of piperidine rings is 1. The molecule has 1 fully saturated rings. The standard InChI is InChI=1S/C11H14N2O3/c14-11(15)10-9-8(6-16-10)13-4-2-1-3-7(13)5-12-9/h6-7,12H,1-5H2,(H,14,15). The fourth-order valence-corrected chi connectivity index (χ4v) is 2.64. The first kappa shape index (κ1) is 9.57. The Labute approximate surface area is 93.0 Å². The molecule has 1 atom stereocenters. The van der Waals surface area contributed by atoms with Crippen molar-refractivity contribution in [2.45, 2.75) is 25.3 Å². The van der Waals surface area contributed by atoms with Crippen LogP contribution in [-0.4, -0.2) is 30.2 Å². The van der Waals surface area contributed by atoms with Gasteiger partial charge in [-0.1, -0.05) is 0 Å². The van der Waals surface area contributed by atoms with E-state index in [-0.39, 0.29) is 5.76 Å². The molecule has 0 aromatic carbocycles. The summed E-state index contributed by atoms with van der Waals surface area (Å²) in [6.45, 7) is 1.81. The van der Waals surface area contributed by atoms with Crippen LogP contribution in [0.15, 0.2) is 10.7 Å². The number of rotatable bonds is 1. The minimum Gasteiger partial charge on any atom is -0.475 e. The first-order chi connectivity index (χ1) is 7.77. The molecule has 5 heteroatoms. The summed E-state index contributed by atoms with van der Waals surface area (Å²) in [4.78, 5) is 13.2. The Kier molecular flexibility index (Phi) is 2.05. The molecule has 0 spiro atoms. The molecule has 2 aliphatic heterocycles. The van der Waals surface area contributed by atoms with Gasteiger partial charge in [0.25, 0.3) is 0 Å². The number of nitrogens with one attached hydrogen (secondary N) is 1. The minimum atomic E-state index is -1.01. The molecule has 0 saturated carbocycles. The van der Waals surface area contributed by atoms with Crippen molar-refractivity contribution in [2.75, 3.05) is 23.3 Å². The highest BCUT2D eigenvalue weighted by Gasteiger charge is 2.33. The van der Waals surface area contributed by atoms with Gasteiger partial charge in [-0.15, -0.1) is 0 Å². The minimum absolute atomic E-state index is 0.0269. The van der Waals surface area contributed by atoms with E-state index in [4.69, 9.17) is 9.52 Å². The summed E-state index contributed by atoms with van der Waals surface area (Å²) in [6.07, 6.45) is 5.15. The zero-order valence-electron chi connectivity index (χ0n) is 8.90. The Morgan fingerprint density at radius 1 is 1.56 bits per heavy atom. The van der Waals surface area contributed by atoms with Crippen LogP contribution in [0.5, 0.6) is 0 Å². The first-order valence-corrected chi connectivity index (χ1v) is 5.62. The third-order valence-electron chi connectivity index (χ3n) is 3.42. The van der Waals surface area contributed by atoms with Gasteiger partial charge in [-0.3, -0.25) is 0 Å². The number of furan rings is 1. The average molecular weight is 222 g/mol. The van der Waals surface area contributed by atoms with E-state index in [9.17, 15) is 4.79 Å². The second-order valence-corrected chi connectivity index (χ2v) is 4.35. The fraction of sp³-hybridized carbons (Fsp3) is 0.545. The van der Waals surface area contributed by atoms with Crippen molar-refractivity contribution in [1.29, 1.82) is 0 Å². The largest absolute Gasteiger partial charge is 0.475 e. The third kappa shape index (κ3) is 1.27. The van der Waals surface area contributed by atoms with Gasteiger partial charge in [0.15, 0.2) is 0 Å². The van der Waals surface area contributed by atoms with Gasteiger partial charge < -0.3 is 19.7 Å². The van der Waals surface area contributed by atoms with Crippen molar-refractivity contribution in [3.63, 3.8) is 0 Å². The molecule has 0 aliphatic carbocycles. The lowest BCUT2D eigenvalue weighted by molar-refractivity contribution is 0.0664. The number of anilines is 2. The molecular formula is C11H14N2O3. The summed E-state index contributed by atoms with van der Waals surface area (Å²) in [6, 6.07) is 0.487. The summed E-state index contributed by atoms with van der Waals surface area (Å²) in [5.74, 6) is -0.983. The molecule has 0 radical (unpaired) electrons. The summed E-state index contributed by atoms with van der Waals surface area (Å²) in [7, 11) is 0. The van der Waals surface area contributed by atoms with E-state index in [1.165, 1.54) is 19.3 Å². The zero-order valence-corrected chi connectivity index (χ0v) is 8.90. The molecular weight excluding hydrogens is 208 g/mol. The number of fused-ring (bicyclic) bond motifs is 3. The van der Waals surface area contributed by atoms with E-state index in [0.717, 1.165) is 18.8 Å². The van der Waals surface area contributed by atoms with Gasteiger partial charge in [-0.05, 0) is 19.3 Å². The summed E-state index contributed by atoms with van der Waals surface area (Å²) < 4.78 is 5.12. The van der Waals surface area contributed by atoms with Gasteiger partial charge >= 0.3 is 5.97 Å². The predicted octanol–water partition coefficient (Wildman–Crippen LogP) is 1.76. The van der Waals surface area contributed by atoms with Crippen molar-refractivity contribution in [2.24, 2.45) is 0 Å². The monoisotopic (exact) mass is 222 g/mol. The van der Waals surface area contributed by atoms with Crippen molar-refractivity contribution in [3.8, 4) is 0 Å². The van der Waals surface area contributed by atoms with Gasteiger partial charge in [0.05, 0.1) is 0 Å². The van der Waals surface area contributed by atoms with Gasteiger partial charge in [-0.25, -0.2) is 4.79 Å². The van der Waals surface area contributed by atoms with E-state index in [0.29, 0.717) is 11.7 Å². The van der Waals surface area contributed by atoms with Gasteiger partial charge in [-0.2, -0.15) is 0 Å². The fourth-order valence-electron chi connectivity index (χ4n) is 2.64. The number of hydrogen-bond donors (Lipinski definition) is 2. The van der Waals surface area contributed by atoms with E-state index >= 15 is 0 Å². The topological polar surface area (TPSA) is 65.7 Å². The predicted molar refractivity (Wildman–Crippen MR) is 59.1 cm³/mol. The van der Waals surface area contributed by atoms with Crippen LogP contribution in [0.3, 0.4) is 0 Å². The number of carboxylic acids is 1. The Bertz CT molecular complexity index is 427. The van der Waals surface area contributed by atoms with Gasteiger partial charge in [0.2, 0.25) is 5.76 Å². The highest BCUT2D eigenvalue weighted by molar-refractivity contribution is 5.96. The van der Waals surface area contributed by atoms with E-state index in [1.807, 2.05) is 0 Å². The highest BCUT2D eigenvalue weighted by atomic mass is 16.4. The Morgan fingerprint density at radius 2 is 2.44 bits per heavy atom. The van der Waals surface area contributed by atoms with E-state index in [2.05, 4.69) is 10.2 Å². The molecule has 1 saturated heterocycles. The number of carboxylic acid groups (broad SMARTS) is 1. The van der Waals surface area contributed by atoms with Gasteiger partial charge in [0.1, 0.15) is 17.6 Å².